The summed E-state index contributed by atoms with van der Waals surface area (Å²) in [5.74, 6) is 0.959. The molecule has 0 N–H and O–H groups in total. The Hall–Kier alpha value is -2.04. The molecule has 2 aliphatic heterocycles. The number of amidine groups is 1. The van der Waals surface area contributed by atoms with Crippen molar-refractivity contribution in [3.63, 3.8) is 0 Å². The van der Waals surface area contributed by atoms with Gasteiger partial charge in [0, 0.05) is 21.9 Å². The molecule has 2 fully saturated rings. The average molecular weight is 568 g/mol. The van der Waals surface area contributed by atoms with Crippen LogP contribution in [-0.2, 0) is 21.1 Å². The number of anilines is 1. The van der Waals surface area contributed by atoms with Crippen molar-refractivity contribution in [3.8, 4) is 11.5 Å². The van der Waals surface area contributed by atoms with Gasteiger partial charge in [-0.15, -0.1) is 0 Å². The number of ether oxygens (including phenoxy) is 2. The molecule has 0 radical (unpaired) electrons. The van der Waals surface area contributed by atoms with Gasteiger partial charge in [0.2, 0.25) is 0 Å². The molecule has 2 aliphatic rings. The molecule has 182 valence electrons. The van der Waals surface area contributed by atoms with Crippen molar-refractivity contribution in [3.05, 3.63) is 52.0 Å². The second-order valence-corrected chi connectivity index (χ2v) is 12.5. The van der Waals surface area contributed by atoms with Crippen molar-refractivity contribution >= 4 is 54.3 Å². The first-order valence-electron chi connectivity index (χ1n) is 11.1. The molecule has 0 aromatic heterocycles. The van der Waals surface area contributed by atoms with Gasteiger partial charge >= 0.3 is 0 Å². The number of nitrogens with zero attached hydrogens (tertiary/aromatic N) is 2. The topological polar surface area (TPSA) is 85.3 Å². The number of hydrogen-bond acceptors (Lipinski definition) is 6. The summed E-state index contributed by atoms with van der Waals surface area (Å²) in [6, 6.07) is 11.1. The van der Waals surface area contributed by atoms with Gasteiger partial charge in [-0.3, -0.25) is 4.79 Å². The van der Waals surface area contributed by atoms with Gasteiger partial charge in [0.25, 0.3) is 5.91 Å². The van der Waals surface area contributed by atoms with Crippen LogP contribution >= 0.6 is 27.7 Å². The molecule has 2 aromatic rings. The third-order valence-electron chi connectivity index (χ3n) is 5.64. The monoisotopic (exact) mass is 566 g/mol. The second kappa shape index (κ2) is 10.3. The van der Waals surface area contributed by atoms with E-state index in [4.69, 9.17) is 9.47 Å². The second-order valence-electron chi connectivity index (χ2n) is 8.24. The van der Waals surface area contributed by atoms with Crippen LogP contribution in [-0.4, -0.2) is 55.5 Å². The minimum atomic E-state index is -3.17. The Bertz CT molecular complexity index is 1210. The summed E-state index contributed by atoms with van der Waals surface area (Å²) >= 11 is 4.97. The molecule has 2 aromatic carbocycles. The van der Waals surface area contributed by atoms with Crippen molar-refractivity contribution in [2.24, 2.45) is 4.99 Å². The zero-order valence-corrected chi connectivity index (χ0v) is 22.5. The quantitative estimate of drug-likeness (QED) is 0.491. The predicted octanol–water partition coefficient (Wildman–Crippen LogP) is 4.40. The highest BCUT2D eigenvalue weighted by Gasteiger charge is 2.50. The highest BCUT2D eigenvalue weighted by Crippen LogP contribution is 2.46. The van der Waals surface area contributed by atoms with Crippen molar-refractivity contribution in [1.82, 2.24) is 0 Å². The molecule has 0 aliphatic carbocycles. The molecule has 0 saturated carbocycles. The van der Waals surface area contributed by atoms with E-state index in [9.17, 15) is 13.2 Å². The zero-order valence-electron chi connectivity index (χ0n) is 19.3. The van der Waals surface area contributed by atoms with Crippen LogP contribution in [0.15, 0.2) is 45.9 Å². The lowest BCUT2D eigenvalue weighted by atomic mass is 10.1. The first-order chi connectivity index (χ1) is 16.2. The molecule has 34 heavy (non-hydrogen) atoms. The molecule has 0 unspecified atom stereocenters. The van der Waals surface area contributed by atoms with E-state index in [1.807, 2.05) is 62.1 Å². The van der Waals surface area contributed by atoms with E-state index in [0.717, 1.165) is 11.1 Å². The summed E-state index contributed by atoms with van der Waals surface area (Å²) in [6.45, 7) is 6.71. The Balaban J connectivity index is 1.71. The van der Waals surface area contributed by atoms with Crippen LogP contribution in [0.25, 0.3) is 0 Å². The molecule has 2 heterocycles. The smallest absolute Gasteiger partial charge is 0.252 e. The SMILES string of the molecule is CCOc1cc(Br)c(N2C(=NC(=O)Cc3ccc(C)cc3)S[C@H]3CS(=O)(=O)C[C@H]32)cc1OCC. The number of aliphatic imine (C=N–C) groups is 1. The molecule has 0 spiro atoms. The van der Waals surface area contributed by atoms with Gasteiger partial charge in [0.1, 0.15) is 0 Å². The molecule has 2 saturated heterocycles. The molecule has 0 bridgehead atoms. The molecular weight excluding hydrogens is 540 g/mol. The number of rotatable bonds is 7. The van der Waals surface area contributed by atoms with Gasteiger partial charge in [-0.1, -0.05) is 41.6 Å². The Morgan fingerprint density at radius 1 is 1.12 bits per heavy atom. The number of aryl methyl sites for hydroxylation is 1. The summed E-state index contributed by atoms with van der Waals surface area (Å²) < 4.78 is 37.0. The van der Waals surface area contributed by atoms with E-state index in [1.54, 1.807) is 0 Å². The molecular formula is C24H27BrN2O5S2. The maximum absolute atomic E-state index is 12.9. The Kier molecular flexibility index (Phi) is 7.59. The predicted molar refractivity (Wildman–Crippen MR) is 140 cm³/mol. The fourth-order valence-electron chi connectivity index (χ4n) is 4.12. The number of fused-ring (bicyclic) bond motifs is 1. The third-order valence-corrected chi connectivity index (χ3v) is 9.48. The fourth-order valence-corrected chi connectivity index (χ4v) is 8.56. The van der Waals surface area contributed by atoms with Crippen molar-refractivity contribution in [2.75, 3.05) is 29.6 Å². The van der Waals surface area contributed by atoms with E-state index in [2.05, 4.69) is 20.9 Å². The van der Waals surface area contributed by atoms with Crippen LogP contribution in [0.2, 0.25) is 0 Å². The van der Waals surface area contributed by atoms with Crippen LogP contribution < -0.4 is 14.4 Å². The lowest BCUT2D eigenvalue weighted by molar-refractivity contribution is -0.117. The van der Waals surface area contributed by atoms with Crippen LogP contribution in [0.1, 0.15) is 25.0 Å². The number of sulfone groups is 1. The zero-order chi connectivity index (χ0) is 24.5. The lowest BCUT2D eigenvalue weighted by Gasteiger charge is -2.27. The Labute approximate surface area is 213 Å². The number of amides is 1. The van der Waals surface area contributed by atoms with Gasteiger partial charge in [-0.2, -0.15) is 4.99 Å². The Morgan fingerprint density at radius 2 is 1.76 bits per heavy atom. The minimum absolute atomic E-state index is 0.0134. The number of halogens is 1. The maximum atomic E-state index is 12.9. The molecule has 1 amide bonds. The van der Waals surface area contributed by atoms with Crippen LogP contribution in [0, 0.1) is 6.92 Å². The van der Waals surface area contributed by atoms with E-state index < -0.39 is 9.84 Å². The largest absolute Gasteiger partial charge is 0.490 e. The highest BCUT2D eigenvalue weighted by molar-refractivity contribution is 9.10. The summed E-state index contributed by atoms with van der Waals surface area (Å²) in [7, 11) is -3.17. The van der Waals surface area contributed by atoms with E-state index >= 15 is 0 Å². The standard InChI is InChI=1S/C24H27BrN2O5S2/c1-4-31-20-11-17(25)18(12-21(20)32-5-2)27-19-13-34(29,30)14-22(19)33-24(27)26-23(28)10-16-8-6-15(3)7-9-16/h6-9,11-12,19,22H,4-5,10,13-14H2,1-3H3/t19-,22+/m1/s1. The Morgan fingerprint density at radius 3 is 2.41 bits per heavy atom. The third kappa shape index (κ3) is 5.44. The van der Waals surface area contributed by atoms with Crippen LogP contribution in [0.5, 0.6) is 11.5 Å². The molecule has 7 nitrogen and oxygen atoms in total. The number of carbonyl (C=O) groups is 1. The first-order valence-corrected chi connectivity index (χ1v) is 14.6. The summed E-state index contributed by atoms with van der Waals surface area (Å²) in [4.78, 5) is 19.2. The van der Waals surface area contributed by atoms with Gasteiger partial charge in [-0.05, 0) is 42.3 Å². The van der Waals surface area contributed by atoms with Gasteiger partial charge in [0.05, 0.1) is 42.9 Å². The van der Waals surface area contributed by atoms with Crippen molar-refractivity contribution < 1.29 is 22.7 Å². The van der Waals surface area contributed by atoms with E-state index in [-0.39, 0.29) is 35.1 Å². The van der Waals surface area contributed by atoms with Crippen LogP contribution in [0.3, 0.4) is 0 Å². The van der Waals surface area contributed by atoms with Gasteiger partial charge in [-0.25, -0.2) is 8.42 Å². The van der Waals surface area contributed by atoms with Crippen LogP contribution in [0.4, 0.5) is 5.69 Å². The number of carbonyl (C=O) groups excluding carboxylic acids is 1. The first kappa shape index (κ1) is 25.1. The van der Waals surface area contributed by atoms with Crippen molar-refractivity contribution in [1.29, 1.82) is 0 Å². The lowest BCUT2D eigenvalue weighted by Crippen LogP contribution is -2.38. The van der Waals surface area contributed by atoms with E-state index in [1.165, 1.54) is 11.8 Å². The fraction of sp³-hybridized carbons (Fsp3) is 0.417. The number of benzene rings is 2. The number of thioether (sulfide) groups is 1. The molecule has 4 rings (SSSR count). The molecule has 2 atom stereocenters. The number of hydrogen-bond donors (Lipinski definition) is 0. The van der Waals surface area contributed by atoms with E-state index in [0.29, 0.717) is 40.0 Å². The minimum Gasteiger partial charge on any atom is -0.490 e. The van der Waals surface area contributed by atoms with Gasteiger partial charge in [0.15, 0.2) is 26.5 Å². The average Bonchev–Trinajstić information content (AvgIpc) is 3.22. The normalized spacial score (nSPS) is 22.1. The highest BCUT2D eigenvalue weighted by atomic mass is 79.9. The van der Waals surface area contributed by atoms with Gasteiger partial charge < -0.3 is 14.4 Å². The molecule has 10 heteroatoms. The van der Waals surface area contributed by atoms with Crippen molar-refractivity contribution in [2.45, 2.75) is 38.5 Å². The summed E-state index contributed by atoms with van der Waals surface area (Å²) in [5, 5.41) is 0.319. The summed E-state index contributed by atoms with van der Waals surface area (Å²) in [5.41, 5.74) is 2.71. The maximum Gasteiger partial charge on any atom is 0.252 e. The summed E-state index contributed by atoms with van der Waals surface area (Å²) in [6.07, 6.45) is 0.181.